The largest absolute Gasteiger partial charge is 0.242 e. The fourth-order valence-corrected chi connectivity index (χ4v) is 3.50. The predicted octanol–water partition coefficient (Wildman–Crippen LogP) is 6.69. The molecule has 25 heavy (non-hydrogen) atoms. The predicted molar refractivity (Wildman–Crippen MR) is 113 cm³/mol. The summed E-state index contributed by atoms with van der Waals surface area (Å²) in [5, 5.41) is 0. The normalized spacial score (nSPS) is 10.6. The van der Waals surface area contributed by atoms with Crippen LogP contribution in [0, 0.1) is 3.70 Å². The number of aromatic nitrogens is 1. The third kappa shape index (κ3) is 3.64. The summed E-state index contributed by atoms with van der Waals surface area (Å²) in [6.45, 7) is 0. The van der Waals surface area contributed by atoms with Crippen molar-refractivity contribution in [2.75, 3.05) is 0 Å². The summed E-state index contributed by atoms with van der Waals surface area (Å²) in [6.07, 6.45) is 0. The monoisotopic (exact) mass is 433 g/mol. The number of hydrogen-bond donors (Lipinski definition) is 0. The molecule has 1 nitrogen and oxygen atoms in total. The summed E-state index contributed by atoms with van der Waals surface area (Å²) in [6, 6.07) is 33.8. The first-order valence-electron chi connectivity index (χ1n) is 8.18. The van der Waals surface area contributed by atoms with E-state index in [1.54, 1.807) is 0 Å². The van der Waals surface area contributed by atoms with Gasteiger partial charge < -0.3 is 0 Å². The fourth-order valence-electron chi connectivity index (χ4n) is 2.91. The van der Waals surface area contributed by atoms with Gasteiger partial charge in [0.1, 0.15) is 3.70 Å². The second-order valence-corrected chi connectivity index (χ2v) is 6.98. The lowest BCUT2D eigenvalue weighted by Gasteiger charge is -2.08. The van der Waals surface area contributed by atoms with Crippen LogP contribution in [0.15, 0.2) is 97.1 Å². The van der Waals surface area contributed by atoms with E-state index < -0.39 is 0 Å². The lowest BCUT2D eigenvalue weighted by Crippen LogP contribution is -1.89. The minimum absolute atomic E-state index is 1.00. The summed E-state index contributed by atoms with van der Waals surface area (Å²) >= 11 is 2.29. The van der Waals surface area contributed by atoms with Crippen LogP contribution in [0.5, 0.6) is 0 Å². The van der Waals surface area contributed by atoms with Crippen molar-refractivity contribution >= 4 is 22.6 Å². The highest BCUT2D eigenvalue weighted by Gasteiger charge is 2.06. The van der Waals surface area contributed by atoms with Gasteiger partial charge in [-0.15, -0.1) is 0 Å². The number of rotatable bonds is 3. The quantitative estimate of drug-likeness (QED) is 0.259. The number of hydrogen-bond acceptors (Lipinski definition) is 1. The summed E-state index contributed by atoms with van der Waals surface area (Å²) < 4.78 is 1.00. The van der Waals surface area contributed by atoms with E-state index in [0.717, 1.165) is 15.0 Å². The molecule has 4 rings (SSSR count). The van der Waals surface area contributed by atoms with Crippen LogP contribution in [-0.2, 0) is 0 Å². The molecule has 2 heteroatoms. The van der Waals surface area contributed by atoms with Gasteiger partial charge in [-0.2, -0.15) is 0 Å². The molecule has 0 atom stereocenters. The molecule has 3 aromatic carbocycles. The standard InChI is InChI=1S/C23H16IN/c24-23-16-21(15-22(25-23)20-9-5-2-6-10-20)19-13-11-18(12-14-19)17-7-3-1-4-8-17/h1-16H. The number of pyridine rings is 1. The van der Waals surface area contributed by atoms with Crippen molar-refractivity contribution in [3.63, 3.8) is 0 Å². The Bertz CT molecular complexity index is 977. The van der Waals surface area contributed by atoms with Crippen LogP contribution < -0.4 is 0 Å². The molecule has 0 N–H and O–H groups in total. The smallest absolute Gasteiger partial charge is 0.102 e. The molecule has 0 spiro atoms. The Morgan fingerprint density at radius 3 is 1.56 bits per heavy atom. The highest BCUT2D eigenvalue weighted by Crippen LogP contribution is 2.28. The van der Waals surface area contributed by atoms with Gasteiger partial charge >= 0.3 is 0 Å². The van der Waals surface area contributed by atoms with Gasteiger partial charge in [-0.25, -0.2) is 4.98 Å². The van der Waals surface area contributed by atoms with Crippen molar-refractivity contribution < 1.29 is 0 Å². The van der Waals surface area contributed by atoms with E-state index in [4.69, 9.17) is 0 Å². The first-order valence-corrected chi connectivity index (χ1v) is 9.26. The molecule has 4 aromatic rings. The molecule has 120 valence electrons. The molecular weight excluding hydrogens is 417 g/mol. The fraction of sp³-hybridized carbons (Fsp3) is 0. The van der Waals surface area contributed by atoms with E-state index in [2.05, 4.69) is 100 Å². The van der Waals surface area contributed by atoms with Gasteiger partial charge in [-0.05, 0) is 57.0 Å². The zero-order valence-electron chi connectivity index (χ0n) is 13.6. The van der Waals surface area contributed by atoms with Gasteiger partial charge in [0.25, 0.3) is 0 Å². The lowest BCUT2D eigenvalue weighted by molar-refractivity contribution is 1.27. The van der Waals surface area contributed by atoms with Crippen molar-refractivity contribution in [2.45, 2.75) is 0 Å². The first kappa shape index (κ1) is 16.0. The average molecular weight is 433 g/mol. The highest BCUT2D eigenvalue weighted by molar-refractivity contribution is 14.1. The molecule has 1 heterocycles. The van der Waals surface area contributed by atoms with Crippen LogP contribution >= 0.6 is 22.6 Å². The van der Waals surface area contributed by atoms with E-state index in [0.29, 0.717) is 0 Å². The molecule has 0 aliphatic heterocycles. The van der Waals surface area contributed by atoms with Gasteiger partial charge in [-0.3, -0.25) is 0 Å². The summed E-state index contributed by atoms with van der Waals surface area (Å²) in [7, 11) is 0. The molecular formula is C23H16IN. The summed E-state index contributed by atoms with van der Waals surface area (Å²) in [5.41, 5.74) is 7.02. The molecule has 1 aromatic heterocycles. The molecule has 0 bridgehead atoms. The van der Waals surface area contributed by atoms with Crippen LogP contribution in [-0.4, -0.2) is 4.98 Å². The zero-order chi connectivity index (χ0) is 17.1. The van der Waals surface area contributed by atoms with E-state index in [9.17, 15) is 0 Å². The molecule has 0 radical (unpaired) electrons. The Balaban J connectivity index is 1.71. The summed E-state index contributed by atoms with van der Waals surface area (Å²) in [5.74, 6) is 0. The lowest BCUT2D eigenvalue weighted by atomic mass is 10.00. The number of benzene rings is 3. The molecule has 0 saturated heterocycles. The maximum absolute atomic E-state index is 4.68. The van der Waals surface area contributed by atoms with Crippen molar-refractivity contribution in [3.05, 3.63) is 101 Å². The second-order valence-electron chi connectivity index (χ2n) is 5.87. The topological polar surface area (TPSA) is 12.9 Å². The number of nitrogens with zero attached hydrogens (tertiary/aromatic N) is 1. The van der Waals surface area contributed by atoms with E-state index in [-0.39, 0.29) is 0 Å². The van der Waals surface area contributed by atoms with Crippen molar-refractivity contribution in [1.82, 2.24) is 4.98 Å². The van der Waals surface area contributed by atoms with Gasteiger partial charge in [0.05, 0.1) is 5.69 Å². The van der Waals surface area contributed by atoms with Crippen LogP contribution in [0.4, 0.5) is 0 Å². The third-order valence-corrected chi connectivity index (χ3v) is 4.74. The molecule has 0 fully saturated rings. The Hall–Kier alpha value is -2.46. The van der Waals surface area contributed by atoms with Crippen molar-refractivity contribution in [3.8, 4) is 33.5 Å². The Labute approximate surface area is 161 Å². The van der Waals surface area contributed by atoms with Crippen LogP contribution in [0.2, 0.25) is 0 Å². The maximum atomic E-state index is 4.68. The van der Waals surface area contributed by atoms with E-state index in [1.807, 2.05) is 24.3 Å². The zero-order valence-corrected chi connectivity index (χ0v) is 15.7. The average Bonchev–Trinajstić information content (AvgIpc) is 2.69. The van der Waals surface area contributed by atoms with Gasteiger partial charge in [0.15, 0.2) is 0 Å². The Morgan fingerprint density at radius 1 is 0.480 bits per heavy atom. The van der Waals surface area contributed by atoms with E-state index >= 15 is 0 Å². The molecule has 0 aliphatic carbocycles. The van der Waals surface area contributed by atoms with Gasteiger partial charge in [0.2, 0.25) is 0 Å². The molecule has 0 unspecified atom stereocenters. The van der Waals surface area contributed by atoms with Gasteiger partial charge in [0, 0.05) is 5.56 Å². The molecule has 0 amide bonds. The SMILES string of the molecule is Ic1cc(-c2ccc(-c3ccccc3)cc2)cc(-c2ccccc2)n1. The summed E-state index contributed by atoms with van der Waals surface area (Å²) in [4.78, 5) is 4.68. The van der Waals surface area contributed by atoms with E-state index in [1.165, 1.54) is 22.3 Å². The maximum Gasteiger partial charge on any atom is 0.102 e. The highest BCUT2D eigenvalue weighted by atomic mass is 127. The van der Waals surface area contributed by atoms with Crippen LogP contribution in [0.1, 0.15) is 0 Å². The van der Waals surface area contributed by atoms with Crippen LogP contribution in [0.25, 0.3) is 33.5 Å². The Morgan fingerprint density at radius 2 is 0.960 bits per heavy atom. The minimum Gasteiger partial charge on any atom is -0.242 e. The minimum atomic E-state index is 1.00. The third-order valence-electron chi connectivity index (χ3n) is 4.19. The number of halogens is 1. The molecule has 0 aliphatic rings. The van der Waals surface area contributed by atoms with Crippen LogP contribution in [0.3, 0.4) is 0 Å². The molecule has 0 saturated carbocycles. The first-order chi connectivity index (χ1) is 12.3. The Kier molecular flexibility index (Phi) is 4.61. The second kappa shape index (κ2) is 7.19. The van der Waals surface area contributed by atoms with Crippen molar-refractivity contribution in [1.29, 1.82) is 0 Å². The van der Waals surface area contributed by atoms with Gasteiger partial charge in [-0.1, -0.05) is 84.9 Å². The van der Waals surface area contributed by atoms with Crippen molar-refractivity contribution in [2.24, 2.45) is 0 Å².